The van der Waals surface area contributed by atoms with Crippen LogP contribution in [0.25, 0.3) is 10.2 Å². The Labute approximate surface area is 159 Å². The first kappa shape index (κ1) is 17.9. The van der Waals surface area contributed by atoms with Gasteiger partial charge in [-0.3, -0.25) is 4.79 Å². The molecule has 2 atom stereocenters. The van der Waals surface area contributed by atoms with Crippen LogP contribution in [-0.2, 0) is 11.2 Å². The Morgan fingerprint density at radius 1 is 1.23 bits per heavy atom. The van der Waals surface area contributed by atoms with Crippen LogP contribution in [-0.4, -0.2) is 29.0 Å². The summed E-state index contributed by atoms with van der Waals surface area (Å²) in [5, 5.41) is 8.15. The lowest BCUT2D eigenvalue weighted by Gasteiger charge is -2.35. The third-order valence-corrected chi connectivity index (χ3v) is 7.51. The lowest BCUT2D eigenvalue weighted by molar-refractivity contribution is -0.132. The van der Waals surface area contributed by atoms with Crippen molar-refractivity contribution in [2.45, 2.75) is 76.9 Å². The van der Waals surface area contributed by atoms with E-state index in [4.69, 9.17) is 4.98 Å². The molecule has 2 aromatic rings. The predicted octanol–water partition coefficient (Wildman–Crippen LogP) is 4.04. The number of hydrogen-bond donors (Lipinski definition) is 2. The molecule has 2 saturated heterocycles. The number of carbonyl (C=O) groups is 1. The summed E-state index contributed by atoms with van der Waals surface area (Å²) >= 11 is 1.73. The number of para-hydroxylation sites is 1. The highest BCUT2D eigenvalue weighted by Crippen LogP contribution is 2.35. The van der Waals surface area contributed by atoms with Gasteiger partial charge in [0, 0.05) is 24.5 Å². The van der Waals surface area contributed by atoms with Crippen LogP contribution < -0.4 is 10.6 Å². The number of nitrogens with zero attached hydrogens (tertiary/aromatic N) is 1. The van der Waals surface area contributed by atoms with Crippen molar-refractivity contribution in [3.8, 4) is 0 Å². The van der Waals surface area contributed by atoms with Crippen LogP contribution >= 0.6 is 11.3 Å². The number of fused-ring (bicyclic) bond motifs is 3. The molecule has 0 radical (unpaired) electrons. The molecule has 2 fully saturated rings. The fraction of sp³-hybridized carbons (Fsp3) is 0.619. The Balaban J connectivity index is 1.50. The predicted molar refractivity (Wildman–Crippen MR) is 107 cm³/mol. The number of hydrogen-bond acceptors (Lipinski definition) is 4. The van der Waals surface area contributed by atoms with Gasteiger partial charge in [0.05, 0.1) is 20.6 Å². The fourth-order valence-corrected chi connectivity index (χ4v) is 5.81. The molecule has 2 N–H and O–H groups in total. The number of nitrogens with one attached hydrogen (secondary N) is 2. The highest BCUT2D eigenvalue weighted by atomic mass is 32.1. The van der Waals surface area contributed by atoms with Gasteiger partial charge in [-0.2, -0.15) is 0 Å². The van der Waals surface area contributed by atoms with Gasteiger partial charge in [-0.15, -0.1) is 11.3 Å². The highest BCUT2D eigenvalue weighted by molar-refractivity contribution is 7.18. The van der Waals surface area contributed by atoms with Gasteiger partial charge in [-0.05, 0) is 50.7 Å². The van der Waals surface area contributed by atoms with Crippen molar-refractivity contribution in [2.75, 3.05) is 0 Å². The summed E-state index contributed by atoms with van der Waals surface area (Å²) in [5.41, 5.74) is 0.696. The van der Waals surface area contributed by atoms with Crippen LogP contribution in [0.5, 0.6) is 0 Å². The lowest BCUT2D eigenvalue weighted by atomic mass is 9.78. The maximum atomic E-state index is 13.3. The Kier molecular flexibility index (Phi) is 5.02. The number of aromatic nitrogens is 1. The molecule has 4 nitrogen and oxygen atoms in total. The highest BCUT2D eigenvalue weighted by Gasteiger charge is 2.40. The molecule has 4 rings (SSSR count). The number of piperidine rings is 1. The summed E-state index contributed by atoms with van der Waals surface area (Å²) in [6.07, 6.45) is 7.11. The summed E-state index contributed by atoms with van der Waals surface area (Å²) in [5.74, 6) is 0.230. The SMILES string of the molecule is CCC(CC)(Cc1nc2ccccc2s1)C(=O)NC1CC2CCC(C1)N2. The second-order valence-electron chi connectivity index (χ2n) is 8.02. The van der Waals surface area contributed by atoms with Crippen LogP contribution in [0.1, 0.15) is 57.4 Å². The van der Waals surface area contributed by atoms with Gasteiger partial charge in [0.25, 0.3) is 0 Å². The summed E-state index contributed by atoms with van der Waals surface area (Å²) < 4.78 is 1.21. The zero-order valence-corrected chi connectivity index (χ0v) is 16.6. The van der Waals surface area contributed by atoms with E-state index in [2.05, 4.69) is 42.7 Å². The number of carbonyl (C=O) groups excluding carboxylic acids is 1. The first-order valence-corrected chi connectivity index (χ1v) is 10.8. The van der Waals surface area contributed by atoms with E-state index >= 15 is 0 Å². The molecule has 1 amide bonds. The minimum atomic E-state index is -0.349. The van der Waals surface area contributed by atoms with Crippen LogP contribution in [0.4, 0.5) is 0 Å². The smallest absolute Gasteiger partial charge is 0.226 e. The van der Waals surface area contributed by atoms with E-state index in [9.17, 15) is 4.79 Å². The third-order valence-electron chi connectivity index (χ3n) is 6.47. The Hall–Kier alpha value is -1.46. The van der Waals surface area contributed by atoms with Gasteiger partial charge in [0.2, 0.25) is 5.91 Å². The zero-order valence-electron chi connectivity index (χ0n) is 15.8. The molecule has 0 aliphatic carbocycles. The second kappa shape index (κ2) is 7.28. The quantitative estimate of drug-likeness (QED) is 0.806. The number of rotatable bonds is 6. The third kappa shape index (κ3) is 3.39. The summed E-state index contributed by atoms with van der Waals surface area (Å²) in [6.45, 7) is 4.28. The van der Waals surface area contributed by atoms with Gasteiger partial charge in [0.1, 0.15) is 0 Å². The average Bonchev–Trinajstić information content (AvgIpc) is 3.21. The first-order valence-electron chi connectivity index (χ1n) is 10.0. The number of benzene rings is 1. The molecule has 0 spiro atoms. The zero-order chi connectivity index (χ0) is 18.1. The topological polar surface area (TPSA) is 54.0 Å². The van der Waals surface area contributed by atoms with Gasteiger partial charge in [0.15, 0.2) is 0 Å². The van der Waals surface area contributed by atoms with Crippen molar-refractivity contribution in [2.24, 2.45) is 5.41 Å². The molecule has 0 saturated carbocycles. The molecule has 5 heteroatoms. The van der Waals surface area contributed by atoms with Crippen molar-refractivity contribution >= 4 is 27.5 Å². The molecule has 1 aromatic carbocycles. The monoisotopic (exact) mass is 371 g/mol. The first-order chi connectivity index (χ1) is 12.6. The van der Waals surface area contributed by atoms with E-state index in [1.807, 2.05) is 6.07 Å². The molecule has 2 bridgehead atoms. The minimum Gasteiger partial charge on any atom is -0.353 e. The van der Waals surface area contributed by atoms with Crippen LogP contribution in [0.15, 0.2) is 24.3 Å². The van der Waals surface area contributed by atoms with E-state index in [1.165, 1.54) is 17.5 Å². The number of amides is 1. The average molecular weight is 372 g/mol. The molecule has 1 aromatic heterocycles. The van der Waals surface area contributed by atoms with Crippen LogP contribution in [0.2, 0.25) is 0 Å². The number of thiazole rings is 1. The molecule has 2 aliphatic heterocycles. The molecule has 26 heavy (non-hydrogen) atoms. The van der Waals surface area contributed by atoms with Crippen LogP contribution in [0, 0.1) is 5.41 Å². The van der Waals surface area contributed by atoms with Crippen molar-refractivity contribution in [1.82, 2.24) is 15.6 Å². The van der Waals surface area contributed by atoms with E-state index in [0.717, 1.165) is 42.6 Å². The van der Waals surface area contributed by atoms with E-state index in [-0.39, 0.29) is 11.3 Å². The maximum absolute atomic E-state index is 13.3. The fourth-order valence-electron chi connectivity index (χ4n) is 4.70. The van der Waals surface area contributed by atoms with Gasteiger partial charge in [-0.1, -0.05) is 26.0 Å². The van der Waals surface area contributed by atoms with E-state index in [1.54, 1.807) is 11.3 Å². The molecule has 2 aliphatic rings. The normalized spacial score (nSPS) is 25.5. The van der Waals surface area contributed by atoms with Crippen molar-refractivity contribution in [3.05, 3.63) is 29.3 Å². The van der Waals surface area contributed by atoms with E-state index in [0.29, 0.717) is 18.1 Å². The van der Waals surface area contributed by atoms with Crippen molar-refractivity contribution < 1.29 is 4.79 Å². The molecule has 2 unspecified atom stereocenters. The van der Waals surface area contributed by atoms with E-state index < -0.39 is 0 Å². The van der Waals surface area contributed by atoms with Gasteiger partial charge < -0.3 is 10.6 Å². The van der Waals surface area contributed by atoms with Crippen LogP contribution in [0.3, 0.4) is 0 Å². The maximum Gasteiger partial charge on any atom is 0.226 e. The molecular weight excluding hydrogens is 342 g/mol. The van der Waals surface area contributed by atoms with Gasteiger partial charge >= 0.3 is 0 Å². The second-order valence-corrected chi connectivity index (χ2v) is 9.13. The largest absolute Gasteiger partial charge is 0.353 e. The Morgan fingerprint density at radius 3 is 2.58 bits per heavy atom. The van der Waals surface area contributed by atoms with Crippen molar-refractivity contribution in [3.63, 3.8) is 0 Å². The van der Waals surface area contributed by atoms with Crippen molar-refractivity contribution in [1.29, 1.82) is 0 Å². The Bertz CT molecular complexity index is 737. The summed E-state index contributed by atoms with van der Waals surface area (Å²) in [7, 11) is 0. The van der Waals surface area contributed by atoms with Gasteiger partial charge in [-0.25, -0.2) is 4.98 Å². The lowest BCUT2D eigenvalue weighted by Crippen LogP contribution is -2.52. The molecular formula is C21H29N3OS. The Morgan fingerprint density at radius 2 is 1.92 bits per heavy atom. The standard InChI is InChI=1S/C21H29N3OS/c1-3-21(4-2,13-19-24-17-7-5-6-8-18(17)26-19)20(25)23-16-11-14-9-10-15(12-16)22-14/h5-8,14-16,22H,3-4,9-13H2,1-2H3,(H,23,25). The molecule has 3 heterocycles. The minimum absolute atomic E-state index is 0.230. The molecule has 140 valence electrons. The summed E-state index contributed by atoms with van der Waals surface area (Å²) in [4.78, 5) is 18.1. The summed E-state index contributed by atoms with van der Waals surface area (Å²) in [6, 6.07) is 9.77.